The number of allylic oxidation sites excluding steroid dienone is 2. The first-order valence-electron chi connectivity index (χ1n) is 10.1. The Morgan fingerprint density at radius 2 is 1.68 bits per heavy atom. The Hall–Kier alpha value is -2.63. The molecule has 7 atom stereocenters. The minimum absolute atomic E-state index is 0.169. The van der Waals surface area contributed by atoms with E-state index in [4.69, 9.17) is 4.74 Å². The molecule has 146 valence electrons. The monoisotopic (exact) mass is 380 g/mol. The van der Waals surface area contributed by atoms with Crippen LogP contribution in [0.25, 0.3) is 0 Å². The van der Waals surface area contributed by atoms with Crippen LogP contribution in [-0.4, -0.2) is 35.3 Å². The number of amides is 3. The first-order chi connectivity index (χ1) is 13.5. The highest BCUT2D eigenvalue weighted by Gasteiger charge is 2.67. The van der Waals surface area contributed by atoms with Crippen LogP contribution in [0.5, 0.6) is 5.75 Å². The van der Waals surface area contributed by atoms with Crippen LogP contribution in [0.15, 0.2) is 36.4 Å². The SMILES string of the molecule is CCOc1ccc(NC(=O)[C@H](C)N2C(=O)[C@@H]3[C@@H]4C=C[C@H]([C@H]5C[C@H]45)[C@@H]3C2=O)cc1. The van der Waals surface area contributed by atoms with Crippen molar-refractivity contribution in [1.82, 2.24) is 4.90 Å². The van der Waals surface area contributed by atoms with Gasteiger partial charge in [-0.3, -0.25) is 19.3 Å². The zero-order valence-electron chi connectivity index (χ0n) is 16.0. The molecule has 0 radical (unpaired) electrons. The van der Waals surface area contributed by atoms with E-state index in [2.05, 4.69) is 17.5 Å². The van der Waals surface area contributed by atoms with Gasteiger partial charge in [-0.05, 0) is 68.2 Å². The third-order valence-corrected chi connectivity index (χ3v) is 6.90. The molecule has 0 spiro atoms. The van der Waals surface area contributed by atoms with Gasteiger partial charge in [0, 0.05) is 5.69 Å². The highest BCUT2D eigenvalue weighted by Crippen LogP contribution is 2.65. The second-order valence-electron chi connectivity index (χ2n) is 8.32. The van der Waals surface area contributed by atoms with Gasteiger partial charge < -0.3 is 10.1 Å². The number of nitrogens with zero attached hydrogens (tertiary/aromatic N) is 1. The van der Waals surface area contributed by atoms with Crippen LogP contribution in [-0.2, 0) is 14.4 Å². The van der Waals surface area contributed by atoms with Gasteiger partial charge in [0.15, 0.2) is 0 Å². The van der Waals surface area contributed by atoms with Gasteiger partial charge >= 0.3 is 0 Å². The van der Waals surface area contributed by atoms with E-state index in [1.807, 2.05) is 6.92 Å². The normalized spacial score (nSPS) is 35.4. The van der Waals surface area contributed by atoms with Crippen LogP contribution in [0.4, 0.5) is 5.69 Å². The molecule has 1 aromatic rings. The molecule has 6 nitrogen and oxygen atoms in total. The number of rotatable bonds is 5. The van der Waals surface area contributed by atoms with Gasteiger partial charge in [-0.1, -0.05) is 12.2 Å². The van der Waals surface area contributed by atoms with Gasteiger partial charge in [-0.25, -0.2) is 0 Å². The molecule has 5 aliphatic rings. The quantitative estimate of drug-likeness (QED) is 0.629. The number of benzene rings is 1. The Kier molecular flexibility index (Phi) is 3.86. The van der Waals surface area contributed by atoms with Crippen molar-refractivity contribution in [1.29, 1.82) is 0 Å². The summed E-state index contributed by atoms with van der Waals surface area (Å²) in [5, 5.41) is 2.81. The molecule has 4 aliphatic carbocycles. The zero-order chi connectivity index (χ0) is 19.6. The predicted molar refractivity (Wildman–Crippen MR) is 102 cm³/mol. The van der Waals surface area contributed by atoms with E-state index in [0.717, 1.165) is 12.2 Å². The van der Waals surface area contributed by atoms with Gasteiger partial charge in [0.1, 0.15) is 11.8 Å². The molecule has 3 fully saturated rings. The van der Waals surface area contributed by atoms with E-state index in [1.165, 1.54) is 4.90 Å². The Labute approximate surface area is 163 Å². The molecule has 6 heteroatoms. The Morgan fingerprint density at radius 1 is 1.11 bits per heavy atom. The second-order valence-corrected chi connectivity index (χ2v) is 8.32. The molecule has 1 saturated heterocycles. The zero-order valence-corrected chi connectivity index (χ0v) is 16.0. The predicted octanol–water partition coefficient (Wildman–Crippen LogP) is 2.47. The van der Waals surface area contributed by atoms with Crippen LogP contribution in [0.1, 0.15) is 20.3 Å². The molecule has 0 aromatic heterocycles. The smallest absolute Gasteiger partial charge is 0.247 e. The van der Waals surface area contributed by atoms with Crippen molar-refractivity contribution < 1.29 is 19.1 Å². The summed E-state index contributed by atoms with van der Waals surface area (Å²) in [4.78, 5) is 40.2. The lowest BCUT2D eigenvalue weighted by Gasteiger charge is -2.37. The Morgan fingerprint density at radius 3 is 2.21 bits per heavy atom. The highest BCUT2D eigenvalue weighted by atomic mass is 16.5. The number of carbonyl (C=O) groups excluding carboxylic acids is 3. The summed E-state index contributed by atoms with van der Waals surface area (Å²) in [5.41, 5.74) is 0.611. The van der Waals surface area contributed by atoms with Crippen molar-refractivity contribution in [3.63, 3.8) is 0 Å². The maximum absolute atomic E-state index is 13.1. The number of hydrogen-bond donors (Lipinski definition) is 1. The molecule has 1 aromatic carbocycles. The molecule has 2 saturated carbocycles. The molecule has 0 unspecified atom stereocenters. The maximum atomic E-state index is 13.1. The molecule has 1 aliphatic heterocycles. The summed E-state index contributed by atoms with van der Waals surface area (Å²) < 4.78 is 5.40. The minimum atomic E-state index is -0.826. The number of imide groups is 1. The fourth-order valence-electron chi connectivity index (χ4n) is 5.53. The van der Waals surface area contributed by atoms with Crippen LogP contribution in [0, 0.1) is 35.5 Å². The summed E-state index contributed by atoms with van der Waals surface area (Å²) in [6.07, 6.45) is 5.41. The Balaban J connectivity index is 1.31. The van der Waals surface area contributed by atoms with Crippen molar-refractivity contribution in [2.24, 2.45) is 35.5 Å². The van der Waals surface area contributed by atoms with Crippen molar-refractivity contribution in [3.8, 4) is 5.75 Å². The van der Waals surface area contributed by atoms with E-state index in [9.17, 15) is 14.4 Å². The van der Waals surface area contributed by atoms with Gasteiger partial charge in [-0.15, -0.1) is 0 Å². The second kappa shape index (κ2) is 6.19. The fourth-order valence-corrected chi connectivity index (χ4v) is 5.53. The van der Waals surface area contributed by atoms with Crippen molar-refractivity contribution in [2.45, 2.75) is 26.3 Å². The largest absolute Gasteiger partial charge is 0.494 e. The topological polar surface area (TPSA) is 75.7 Å². The number of nitrogens with one attached hydrogen (secondary N) is 1. The van der Waals surface area contributed by atoms with E-state index >= 15 is 0 Å². The van der Waals surface area contributed by atoms with E-state index in [-0.39, 0.29) is 41.4 Å². The number of hydrogen-bond acceptors (Lipinski definition) is 4. The number of ether oxygens (including phenoxy) is 1. The fraction of sp³-hybridized carbons (Fsp3) is 0.500. The van der Waals surface area contributed by atoms with E-state index in [1.54, 1.807) is 31.2 Å². The summed E-state index contributed by atoms with van der Waals surface area (Å²) in [6.45, 7) is 4.11. The van der Waals surface area contributed by atoms with Crippen LogP contribution < -0.4 is 10.1 Å². The average Bonchev–Trinajstić information content (AvgIpc) is 3.47. The molecule has 3 amide bonds. The van der Waals surface area contributed by atoms with Crippen molar-refractivity contribution >= 4 is 23.4 Å². The lowest BCUT2D eigenvalue weighted by Crippen LogP contribution is -2.46. The molecule has 1 heterocycles. The number of carbonyl (C=O) groups is 3. The van der Waals surface area contributed by atoms with Gasteiger partial charge in [0.2, 0.25) is 17.7 Å². The molecular weight excluding hydrogens is 356 g/mol. The molecular formula is C22H24N2O4. The number of anilines is 1. The average molecular weight is 380 g/mol. The Bertz CT molecular complexity index is 841. The third kappa shape index (κ3) is 2.43. The summed E-state index contributed by atoms with van der Waals surface area (Å²) in [5.74, 6) is 0.939. The van der Waals surface area contributed by atoms with Crippen LogP contribution >= 0.6 is 0 Å². The van der Waals surface area contributed by atoms with E-state index in [0.29, 0.717) is 24.1 Å². The summed E-state index contributed by atoms with van der Waals surface area (Å²) in [7, 11) is 0. The minimum Gasteiger partial charge on any atom is -0.494 e. The lowest BCUT2D eigenvalue weighted by atomic mass is 9.63. The summed E-state index contributed by atoms with van der Waals surface area (Å²) >= 11 is 0. The van der Waals surface area contributed by atoms with Gasteiger partial charge in [-0.2, -0.15) is 0 Å². The van der Waals surface area contributed by atoms with E-state index < -0.39 is 6.04 Å². The lowest BCUT2D eigenvalue weighted by molar-refractivity contribution is -0.146. The molecule has 28 heavy (non-hydrogen) atoms. The van der Waals surface area contributed by atoms with Crippen molar-refractivity contribution in [2.75, 3.05) is 11.9 Å². The van der Waals surface area contributed by atoms with Crippen molar-refractivity contribution in [3.05, 3.63) is 36.4 Å². The molecule has 1 N–H and O–H groups in total. The highest BCUT2D eigenvalue weighted by molar-refractivity contribution is 6.10. The third-order valence-electron chi connectivity index (χ3n) is 6.90. The van der Waals surface area contributed by atoms with Crippen LogP contribution in [0.2, 0.25) is 0 Å². The summed E-state index contributed by atoms with van der Waals surface area (Å²) in [6, 6.07) is 6.23. The number of likely N-dealkylation sites (tertiary alicyclic amines) is 1. The maximum Gasteiger partial charge on any atom is 0.247 e. The first-order valence-corrected chi connectivity index (χ1v) is 10.1. The van der Waals surface area contributed by atoms with Gasteiger partial charge in [0.25, 0.3) is 0 Å². The molecule has 2 bridgehead atoms. The van der Waals surface area contributed by atoms with Crippen LogP contribution in [0.3, 0.4) is 0 Å². The standard InChI is InChI=1S/C22H24N2O4/c1-3-28-13-6-4-12(5-7-13)23-20(25)11(2)24-21(26)18-14-8-9-15(17-10-16(14)17)19(18)22(24)27/h4-9,11,14-19H,3,10H2,1-2H3,(H,23,25)/t11-,14+,15+,16+,17+,18-,19+/m0/s1. The molecule has 6 rings (SSSR count). The van der Waals surface area contributed by atoms with Gasteiger partial charge in [0.05, 0.1) is 18.4 Å². The first kappa shape index (κ1) is 17.5.